The lowest BCUT2D eigenvalue weighted by Gasteiger charge is -2.25. The van der Waals surface area contributed by atoms with Crippen molar-refractivity contribution in [2.45, 2.75) is 76.6 Å². The molecule has 1 aliphatic carbocycles. The molecule has 0 unspecified atom stereocenters. The molecule has 5 atom stereocenters. The highest BCUT2D eigenvalue weighted by molar-refractivity contribution is 5.89. The minimum Gasteiger partial charge on any atom is -0.481 e. The summed E-state index contributed by atoms with van der Waals surface area (Å²) in [7, 11) is 0. The molecule has 1 aromatic rings. The SMILES string of the molecule is CCCCC[C@H](O)CC[C@@H]1[C@@H](CC(=O)O)[C@@H](O)C[C@H]1OC(=O)c1ccccc1. The highest BCUT2D eigenvalue weighted by Crippen LogP contribution is 2.40. The second kappa shape index (κ2) is 11.2. The quantitative estimate of drug-likeness (QED) is 0.394. The number of ether oxygens (including phenoxy) is 1. The number of benzene rings is 1. The summed E-state index contributed by atoms with van der Waals surface area (Å²) in [5.41, 5.74) is 0.428. The Morgan fingerprint density at radius 2 is 1.86 bits per heavy atom. The molecule has 0 spiro atoms. The minimum absolute atomic E-state index is 0.169. The van der Waals surface area contributed by atoms with Crippen LogP contribution < -0.4 is 0 Å². The number of esters is 1. The number of carboxylic acids is 1. The van der Waals surface area contributed by atoms with Crippen molar-refractivity contribution in [2.24, 2.45) is 11.8 Å². The van der Waals surface area contributed by atoms with Crippen LogP contribution in [0.1, 0.15) is 68.6 Å². The van der Waals surface area contributed by atoms with E-state index in [0.29, 0.717) is 24.8 Å². The number of unbranched alkanes of at least 4 members (excludes halogenated alkanes) is 2. The van der Waals surface area contributed by atoms with Gasteiger partial charge < -0.3 is 20.1 Å². The summed E-state index contributed by atoms with van der Waals surface area (Å²) in [5, 5.41) is 29.8. The molecular formula is C22H32O6. The number of hydrogen-bond acceptors (Lipinski definition) is 5. The molecule has 6 heteroatoms. The van der Waals surface area contributed by atoms with Crippen LogP contribution in [0.3, 0.4) is 0 Å². The van der Waals surface area contributed by atoms with E-state index in [1.54, 1.807) is 24.3 Å². The normalized spacial score (nSPS) is 25.4. The van der Waals surface area contributed by atoms with Crippen molar-refractivity contribution in [3.63, 3.8) is 0 Å². The van der Waals surface area contributed by atoms with Gasteiger partial charge in [0.2, 0.25) is 0 Å². The monoisotopic (exact) mass is 392 g/mol. The molecular weight excluding hydrogens is 360 g/mol. The lowest BCUT2D eigenvalue weighted by atomic mass is 9.85. The summed E-state index contributed by atoms with van der Waals surface area (Å²) in [6.45, 7) is 2.11. The lowest BCUT2D eigenvalue weighted by Crippen LogP contribution is -2.28. The fourth-order valence-corrected chi connectivity index (χ4v) is 4.11. The van der Waals surface area contributed by atoms with E-state index in [4.69, 9.17) is 4.74 Å². The largest absolute Gasteiger partial charge is 0.481 e. The lowest BCUT2D eigenvalue weighted by molar-refractivity contribution is -0.139. The van der Waals surface area contributed by atoms with Gasteiger partial charge in [0.15, 0.2) is 0 Å². The summed E-state index contributed by atoms with van der Waals surface area (Å²) < 4.78 is 5.65. The first-order chi connectivity index (χ1) is 13.4. The van der Waals surface area contributed by atoms with Gasteiger partial charge in [-0.1, -0.05) is 44.4 Å². The van der Waals surface area contributed by atoms with E-state index >= 15 is 0 Å². The van der Waals surface area contributed by atoms with Gasteiger partial charge in [-0.05, 0) is 31.4 Å². The number of hydrogen-bond donors (Lipinski definition) is 3. The van der Waals surface area contributed by atoms with Crippen LogP contribution in [0.4, 0.5) is 0 Å². The van der Waals surface area contributed by atoms with Crippen molar-refractivity contribution in [1.29, 1.82) is 0 Å². The van der Waals surface area contributed by atoms with Crippen LogP contribution in [0.5, 0.6) is 0 Å². The summed E-state index contributed by atoms with van der Waals surface area (Å²) in [6.07, 6.45) is 3.08. The molecule has 0 aliphatic heterocycles. The standard InChI is InChI=1S/C22H32O6/c1-2-3-5-10-16(23)11-12-17-18(13-21(25)26)19(24)14-20(17)28-22(27)15-8-6-4-7-9-15/h4,6-9,16-20,23-24H,2-3,5,10-14H2,1H3,(H,25,26)/t16-,17+,18+,19-,20+/m0/s1. The van der Waals surface area contributed by atoms with Gasteiger partial charge in [0.1, 0.15) is 6.10 Å². The summed E-state index contributed by atoms with van der Waals surface area (Å²) in [6, 6.07) is 8.63. The third kappa shape index (κ3) is 6.60. The molecule has 0 radical (unpaired) electrons. The Morgan fingerprint density at radius 3 is 2.50 bits per heavy atom. The van der Waals surface area contributed by atoms with Crippen molar-refractivity contribution in [1.82, 2.24) is 0 Å². The van der Waals surface area contributed by atoms with Crippen molar-refractivity contribution >= 4 is 11.9 Å². The first-order valence-corrected chi connectivity index (χ1v) is 10.3. The van der Waals surface area contributed by atoms with E-state index < -0.39 is 36.2 Å². The zero-order chi connectivity index (χ0) is 20.5. The molecule has 1 aromatic carbocycles. The molecule has 1 saturated carbocycles. The Kier molecular flexibility index (Phi) is 8.93. The van der Waals surface area contributed by atoms with Crippen molar-refractivity contribution in [3.05, 3.63) is 35.9 Å². The predicted octanol–water partition coefficient (Wildman–Crippen LogP) is 3.41. The maximum absolute atomic E-state index is 12.4. The number of carbonyl (C=O) groups excluding carboxylic acids is 1. The Labute approximate surface area is 166 Å². The van der Waals surface area contributed by atoms with Gasteiger partial charge in [0.25, 0.3) is 0 Å². The highest BCUT2D eigenvalue weighted by atomic mass is 16.5. The number of rotatable bonds is 11. The minimum atomic E-state index is -0.979. The van der Waals surface area contributed by atoms with E-state index in [0.717, 1.165) is 19.3 Å². The molecule has 0 heterocycles. The van der Waals surface area contributed by atoms with Gasteiger partial charge in [-0.25, -0.2) is 4.79 Å². The Balaban J connectivity index is 2.02. The molecule has 2 rings (SSSR count). The molecule has 3 N–H and O–H groups in total. The number of aliphatic hydroxyl groups excluding tert-OH is 2. The topological polar surface area (TPSA) is 104 Å². The Bertz CT molecular complexity index is 617. The van der Waals surface area contributed by atoms with Crippen LogP contribution in [0.25, 0.3) is 0 Å². The fourth-order valence-electron chi connectivity index (χ4n) is 4.11. The van der Waals surface area contributed by atoms with E-state index in [-0.39, 0.29) is 18.8 Å². The van der Waals surface area contributed by atoms with Gasteiger partial charge in [-0.2, -0.15) is 0 Å². The van der Waals surface area contributed by atoms with E-state index in [2.05, 4.69) is 6.92 Å². The van der Waals surface area contributed by atoms with Gasteiger partial charge in [-0.15, -0.1) is 0 Å². The van der Waals surface area contributed by atoms with E-state index in [1.807, 2.05) is 6.07 Å². The van der Waals surface area contributed by atoms with Crippen LogP contribution in [-0.2, 0) is 9.53 Å². The van der Waals surface area contributed by atoms with Crippen LogP contribution in [0.2, 0.25) is 0 Å². The average molecular weight is 392 g/mol. The first-order valence-electron chi connectivity index (χ1n) is 10.3. The smallest absolute Gasteiger partial charge is 0.338 e. The van der Waals surface area contributed by atoms with E-state index in [9.17, 15) is 24.9 Å². The maximum Gasteiger partial charge on any atom is 0.338 e. The van der Waals surface area contributed by atoms with Crippen LogP contribution in [0, 0.1) is 11.8 Å². The second-order valence-corrected chi connectivity index (χ2v) is 7.77. The number of aliphatic hydroxyl groups is 2. The van der Waals surface area contributed by atoms with Crippen molar-refractivity contribution in [2.75, 3.05) is 0 Å². The van der Waals surface area contributed by atoms with Crippen LogP contribution in [-0.4, -0.2) is 45.6 Å². The molecule has 0 bridgehead atoms. The number of carboxylic acid groups (broad SMARTS) is 1. The van der Waals surface area contributed by atoms with E-state index in [1.165, 1.54) is 0 Å². The molecule has 1 fully saturated rings. The number of carbonyl (C=O) groups is 2. The summed E-state index contributed by atoms with van der Waals surface area (Å²) in [4.78, 5) is 23.7. The third-order valence-corrected chi connectivity index (χ3v) is 5.65. The molecule has 0 aromatic heterocycles. The van der Waals surface area contributed by atoms with Crippen LogP contribution >= 0.6 is 0 Å². The highest BCUT2D eigenvalue weighted by Gasteiger charge is 2.45. The average Bonchev–Trinajstić information content (AvgIpc) is 2.95. The molecule has 0 saturated heterocycles. The third-order valence-electron chi connectivity index (χ3n) is 5.65. The van der Waals surface area contributed by atoms with Gasteiger partial charge in [0.05, 0.1) is 24.2 Å². The fraction of sp³-hybridized carbons (Fsp3) is 0.636. The molecule has 0 amide bonds. The Morgan fingerprint density at radius 1 is 1.14 bits per heavy atom. The van der Waals surface area contributed by atoms with Gasteiger partial charge in [-0.3, -0.25) is 4.79 Å². The molecule has 6 nitrogen and oxygen atoms in total. The summed E-state index contributed by atoms with van der Waals surface area (Å²) >= 11 is 0. The molecule has 156 valence electrons. The second-order valence-electron chi connectivity index (χ2n) is 7.77. The van der Waals surface area contributed by atoms with Gasteiger partial charge >= 0.3 is 11.9 Å². The van der Waals surface area contributed by atoms with Crippen molar-refractivity contribution in [3.8, 4) is 0 Å². The van der Waals surface area contributed by atoms with Crippen molar-refractivity contribution < 1.29 is 29.6 Å². The zero-order valence-electron chi connectivity index (χ0n) is 16.5. The van der Waals surface area contributed by atoms with Gasteiger partial charge in [0, 0.05) is 18.3 Å². The molecule has 28 heavy (non-hydrogen) atoms. The van der Waals surface area contributed by atoms with Crippen LogP contribution in [0.15, 0.2) is 30.3 Å². The first kappa shape index (κ1) is 22.4. The maximum atomic E-state index is 12.4. The summed E-state index contributed by atoms with van der Waals surface area (Å²) in [5.74, 6) is -2.21. The number of aliphatic carboxylic acids is 1. The molecule has 1 aliphatic rings. The zero-order valence-corrected chi connectivity index (χ0v) is 16.5. The Hall–Kier alpha value is -1.92. The predicted molar refractivity (Wildman–Crippen MR) is 105 cm³/mol.